The average molecular weight is 431 g/mol. The second kappa shape index (κ2) is 9.47. The van der Waals surface area contributed by atoms with Gasteiger partial charge in [-0.25, -0.2) is 4.98 Å². The van der Waals surface area contributed by atoms with Crippen molar-refractivity contribution in [2.24, 2.45) is 7.05 Å². The molecule has 0 bridgehead atoms. The lowest BCUT2D eigenvalue weighted by Gasteiger charge is -2.06. The summed E-state index contributed by atoms with van der Waals surface area (Å²) in [6.07, 6.45) is 1.00. The molecule has 4 aromatic rings. The van der Waals surface area contributed by atoms with E-state index in [1.165, 1.54) is 4.68 Å². The summed E-state index contributed by atoms with van der Waals surface area (Å²) in [4.78, 5) is 29.6. The van der Waals surface area contributed by atoms with Gasteiger partial charge in [-0.2, -0.15) is 5.10 Å². The minimum Gasteiger partial charge on any atom is -0.343 e. The van der Waals surface area contributed by atoms with Crippen LogP contribution >= 0.6 is 0 Å². The van der Waals surface area contributed by atoms with Crippen LogP contribution in [0.25, 0.3) is 11.0 Å². The molecule has 0 aliphatic rings. The molecule has 8 heteroatoms. The van der Waals surface area contributed by atoms with Gasteiger partial charge in [0.25, 0.3) is 5.91 Å². The summed E-state index contributed by atoms with van der Waals surface area (Å²) in [6.45, 7) is 3.09. The SMILES string of the molecule is CCn1c(CNC(=O)c2cc(NC(=O)CCc3ccccc3)n(C)n2)nc2ccccc21. The highest BCUT2D eigenvalue weighted by Gasteiger charge is 2.16. The molecule has 32 heavy (non-hydrogen) atoms. The van der Waals surface area contributed by atoms with E-state index >= 15 is 0 Å². The van der Waals surface area contributed by atoms with E-state index in [-0.39, 0.29) is 24.1 Å². The Morgan fingerprint density at radius 2 is 1.78 bits per heavy atom. The van der Waals surface area contributed by atoms with Gasteiger partial charge in [0.1, 0.15) is 11.6 Å². The number of fused-ring (bicyclic) bond motifs is 1. The first-order chi connectivity index (χ1) is 15.5. The van der Waals surface area contributed by atoms with Crippen LogP contribution in [-0.4, -0.2) is 31.1 Å². The molecule has 4 rings (SSSR count). The molecule has 0 fully saturated rings. The first-order valence-corrected chi connectivity index (χ1v) is 10.7. The molecular formula is C24H26N6O2. The number of nitrogens with one attached hydrogen (secondary N) is 2. The van der Waals surface area contributed by atoms with Crippen LogP contribution in [0.15, 0.2) is 60.7 Å². The number of aryl methyl sites for hydroxylation is 3. The quantitative estimate of drug-likeness (QED) is 0.449. The van der Waals surface area contributed by atoms with Crippen LogP contribution in [-0.2, 0) is 31.4 Å². The van der Waals surface area contributed by atoms with Crippen LogP contribution < -0.4 is 10.6 Å². The predicted octanol–water partition coefficient (Wildman–Crippen LogP) is 3.29. The maximum atomic E-state index is 12.7. The first-order valence-electron chi connectivity index (χ1n) is 10.7. The van der Waals surface area contributed by atoms with Gasteiger partial charge in [-0.15, -0.1) is 0 Å². The summed E-state index contributed by atoms with van der Waals surface area (Å²) in [6, 6.07) is 19.3. The summed E-state index contributed by atoms with van der Waals surface area (Å²) in [7, 11) is 1.69. The lowest BCUT2D eigenvalue weighted by molar-refractivity contribution is -0.116. The molecule has 2 aromatic heterocycles. The fourth-order valence-electron chi connectivity index (χ4n) is 3.67. The van der Waals surface area contributed by atoms with Gasteiger partial charge in [-0.3, -0.25) is 14.3 Å². The second-order valence-corrected chi connectivity index (χ2v) is 7.52. The maximum Gasteiger partial charge on any atom is 0.272 e. The molecule has 2 aromatic carbocycles. The highest BCUT2D eigenvalue weighted by Crippen LogP contribution is 2.16. The van der Waals surface area contributed by atoms with Gasteiger partial charge in [-0.1, -0.05) is 42.5 Å². The van der Waals surface area contributed by atoms with Crippen molar-refractivity contribution in [2.75, 3.05) is 5.32 Å². The van der Waals surface area contributed by atoms with Gasteiger partial charge < -0.3 is 15.2 Å². The van der Waals surface area contributed by atoms with E-state index in [0.717, 1.165) is 29.0 Å². The van der Waals surface area contributed by atoms with Crippen molar-refractivity contribution in [1.29, 1.82) is 0 Å². The molecule has 8 nitrogen and oxygen atoms in total. The minimum absolute atomic E-state index is 0.125. The predicted molar refractivity (Wildman–Crippen MR) is 123 cm³/mol. The Balaban J connectivity index is 1.37. The number of hydrogen-bond donors (Lipinski definition) is 2. The third kappa shape index (κ3) is 4.69. The van der Waals surface area contributed by atoms with Crippen LogP contribution in [0, 0.1) is 0 Å². The van der Waals surface area contributed by atoms with Gasteiger partial charge in [0.15, 0.2) is 5.69 Å². The van der Waals surface area contributed by atoms with Gasteiger partial charge in [0.2, 0.25) is 5.91 Å². The standard InChI is InChI=1S/C24H26N6O2/c1-3-30-20-12-8-7-11-18(20)26-22(30)16-25-24(32)19-15-21(29(2)28-19)27-23(31)14-13-17-9-5-4-6-10-17/h4-12,15H,3,13-14,16H2,1-2H3,(H,25,32)(H,27,31). The summed E-state index contributed by atoms with van der Waals surface area (Å²) in [5.74, 6) is 0.821. The third-order valence-electron chi connectivity index (χ3n) is 5.32. The van der Waals surface area contributed by atoms with E-state index in [2.05, 4.69) is 25.3 Å². The number of carbonyl (C=O) groups is 2. The topological polar surface area (TPSA) is 93.8 Å². The summed E-state index contributed by atoms with van der Waals surface area (Å²) in [5.41, 5.74) is 3.28. The molecular weight excluding hydrogens is 404 g/mol. The maximum absolute atomic E-state index is 12.7. The van der Waals surface area contributed by atoms with E-state index < -0.39 is 0 Å². The van der Waals surface area contributed by atoms with E-state index in [0.29, 0.717) is 18.7 Å². The third-order valence-corrected chi connectivity index (χ3v) is 5.32. The van der Waals surface area contributed by atoms with Gasteiger partial charge in [0.05, 0.1) is 17.6 Å². The molecule has 0 aliphatic carbocycles. The number of rotatable bonds is 8. The zero-order valence-electron chi connectivity index (χ0n) is 18.2. The molecule has 0 saturated carbocycles. The monoisotopic (exact) mass is 430 g/mol. The van der Waals surface area contributed by atoms with Crippen LogP contribution in [0.3, 0.4) is 0 Å². The lowest BCUT2D eigenvalue weighted by atomic mass is 10.1. The van der Waals surface area contributed by atoms with E-state index in [1.54, 1.807) is 13.1 Å². The van der Waals surface area contributed by atoms with Crippen molar-refractivity contribution in [3.63, 3.8) is 0 Å². The molecule has 2 amide bonds. The van der Waals surface area contributed by atoms with Crippen molar-refractivity contribution < 1.29 is 9.59 Å². The molecule has 0 saturated heterocycles. The number of nitrogens with zero attached hydrogens (tertiary/aromatic N) is 4. The molecule has 164 valence electrons. The number of para-hydroxylation sites is 2. The minimum atomic E-state index is -0.319. The van der Waals surface area contributed by atoms with Crippen molar-refractivity contribution in [1.82, 2.24) is 24.6 Å². The van der Waals surface area contributed by atoms with E-state index in [9.17, 15) is 9.59 Å². The van der Waals surface area contributed by atoms with Crippen LogP contribution in [0.5, 0.6) is 0 Å². The Labute approximate surface area is 186 Å². The zero-order valence-corrected chi connectivity index (χ0v) is 18.2. The second-order valence-electron chi connectivity index (χ2n) is 7.52. The number of amides is 2. The Kier molecular flexibility index (Phi) is 6.30. The normalized spacial score (nSPS) is 10.9. The van der Waals surface area contributed by atoms with Crippen molar-refractivity contribution in [3.8, 4) is 0 Å². The van der Waals surface area contributed by atoms with Crippen molar-refractivity contribution in [3.05, 3.63) is 77.7 Å². The fraction of sp³-hybridized carbons (Fsp3) is 0.250. The molecule has 2 heterocycles. The Morgan fingerprint density at radius 1 is 1.03 bits per heavy atom. The summed E-state index contributed by atoms with van der Waals surface area (Å²) >= 11 is 0. The number of imidazole rings is 1. The van der Waals surface area contributed by atoms with E-state index in [1.807, 2.05) is 61.5 Å². The van der Waals surface area contributed by atoms with Crippen LogP contribution in [0.2, 0.25) is 0 Å². The zero-order chi connectivity index (χ0) is 22.5. The van der Waals surface area contributed by atoms with Gasteiger partial charge in [0, 0.05) is 26.1 Å². The van der Waals surface area contributed by atoms with Crippen molar-refractivity contribution in [2.45, 2.75) is 32.9 Å². The van der Waals surface area contributed by atoms with Gasteiger partial charge in [-0.05, 0) is 31.0 Å². The number of anilines is 1. The summed E-state index contributed by atoms with van der Waals surface area (Å²) in [5, 5.41) is 9.95. The first kappa shape index (κ1) is 21.3. The Hall–Kier alpha value is -3.94. The largest absolute Gasteiger partial charge is 0.343 e. The Bertz CT molecular complexity index is 1240. The molecule has 0 atom stereocenters. The van der Waals surface area contributed by atoms with Crippen molar-refractivity contribution >= 4 is 28.7 Å². The molecule has 0 unspecified atom stereocenters. The van der Waals surface area contributed by atoms with Crippen LogP contribution in [0.1, 0.15) is 35.2 Å². The number of benzene rings is 2. The fourth-order valence-corrected chi connectivity index (χ4v) is 3.67. The smallest absolute Gasteiger partial charge is 0.272 e. The number of aromatic nitrogens is 4. The molecule has 2 N–H and O–H groups in total. The van der Waals surface area contributed by atoms with E-state index in [4.69, 9.17) is 0 Å². The lowest BCUT2D eigenvalue weighted by Crippen LogP contribution is -2.25. The molecule has 0 spiro atoms. The van der Waals surface area contributed by atoms with Gasteiger partial charge >= 0.3 is 0 Å². The molecule has 0 radical (unpaired) electrons. The Morgan fingerprint density at radius 3 is 2.56 bits per heavy atom. The summed E-state index contributed by atoms with van der Waals surface area (Å²) < 4.78 is 3.57. The average Bonchev–Trinajstić information content (AvgIpc) is 3.36. The molecule has 0 aliphatic heterocycles. The van der Waals surface area contributed by atoms with Crippen LogP contribution in [0.4, 0.5) is 5.82 Å². The highest BCUT2D eigenvalue weighted by molar-refractivity contribution is 5.95. The number of carbonyl (C=O) groups excluding carboxylic acids is 2. The number of hydrogen-bond acceptors (Lipinski definition) is 4. The highest BCUT2D eigenvalue weighted by atomic mass is 16.2.